The fraction of sp³-hybridized carbons (Fsp3) is 0.643. The second-order valence-electron chi connectivity index (χ2n) is 10.8. The molecular weight excluding hydrogens is 420 g/mol. The summed E-state index contributed by atoms with van der Waals surface area (Å²) in [6, 6.07) is 10.4. The number of pyridine rings is 2. The number of anilines is 2. The monoisotopic (exact) mass is 460 g/mol. The van der Waals surface area contributed by atoms with Crippen LogP contribution in [-0.4, -0.2) is 71.1 Å². The molecule has 6 heteroatoms. The van der Waals surface area contributed by atoms with E-state index in [2.05, 4.69) is 43.9 Å². The van der Waals surface area contributed by atoms with Crippen LogP contribution in [0.5, 0.6) is 0 Å². The van der Waals surface area contributed by atoms with Crippen molar-refractivity contribution in [3.05, 3.63) is 48.0 Å². The molecule has 0 aliphatic carbocycles. The van der Waals surface area contributed by atoms with Crippen molar-refractivity contribution in [2.75, 3.05) is 49.1 Å². The topological polar surface area (TPSA) is 38.7 Å². The van der Waals surface area contributed by atoms with Gasteiger partial charge in [-0.05, 0) is 88.7 Å². The van der Waals surface area contributed by atoms with E-state index >= 15 is 0 Å². The predicted molar refractivity (Wildman–Crippen MR) is 138 cm³/mol. The molecule has 0 aromatic carbocycles. The van der Waals surface area contributed by atoms with Crippen LogP contribution in [0, 0.1) is 0 Å². The number of aromatic nitrogens is 2. The lowest BCUT2D eigenvalue weighted by atomic mass is 10.0. The van der Waals surface area contributed by atoms with Gasteiger partial charge in [0.1, 0.15) is 0 Å². The second-order valence-corrected chi connectivity index (χ2v) is 10.8. The predicted octanol–water partition coefficient (Wildman–Crippen LogP) is 4.31. The molecule has 0 amide bonds. The summed E-state index contributed by atoms with van der Waals surface area (Å²) in [7, 11) is 0. The van der Waals surface area contributed by atoms with Crippen molar-refractivity contribution in [3.8, 4) is 0 Å². The molecule has 4 aliphatic rings. The van der Waals surface area contributed by atoms with Gasteiger partial charge >= 0.3 is 0 Å². The first kappa shape index (κ1) is 22.3. The van der Waals surface area contributed by atoms with Gasteiger partial charge in [0.05, 0.1) is 11.4 Å². The normalized spacial score (nSPS) is 26.2. The molecule has 0 N–H and O–H groups in total. The van der Waals surface area contributed by atoms with Gasteiger partial charge in [-0.2, -0.15) is 0 Å². The Balaban J connectivity index is 1.13. The van der Waals surface area contributed by atoms with Crippen LogP contribution in [0.4, 0.5) is 11.4 Å². The van der Waals surface area contributed by atoms with Gasteiger partial charge < -0.3 is 9.80 Å². The lowest BCUT2D eigenvalue weighted by molar-refractivity contribution is 0.122. The van der Waals surface area contributed by atoms with Gasteiger partial charge in [0.15, 0.2) is 0 Å². The first-order valence-electron chi connectivity index (χ1n) is 13.7. The van der Waals surface area contributed by atoms with Gasteiger partial charge in [-0.1, -0.05) is 0 Å². The van der Waals surface area contributed by atoms with Crippen LogP contribution in [0.3, 0.4) is 0 Å². The fourth-order valence-corrected chi connectivity index (χ4v) is 6.83. The molecular formula is C28H40N6. The van der Waals surface area contributed by atoms with Crippen molar-refractivity contribution in [3.63, 3.8) is 0 Å². The number of likely N-dealkylation sites (tertiary alicyclic amines) is 2. The van der Waals surface area contributed by atoms with Crippen molar-refractivity contribution in [2.24, 2.45) is 0 Å². The Hall–Kier alpha value is -2.18. The van der Waals surface area contributed by atoms with Crippen molar-refractivity contribution >= 4 is 11.4 Å². The highest BCUT2D eigenvalue weighted by molar-refractivity contribution is 5.48. The summed E-state index contributed by atoms with van der Waals surface area (Å²) in [4.78, 5) is 20.0. The Morgan fingerprint density at radius 3 is 1.47 bits per heavy atom. The highest BCUT2D eigenvalue weighted by Crippen LogP contribution is 2.32. The third-order valence-electron chi connectivity index (χ3n) is 8.55. The highest BCUT2D eigenvalue weighted by Gasteiger charge is 2.38. The number of rotatable bonds is 7. The van der Waals surface area contributed by atoms with Crippen LogP contribution < -0.4 is 9.80 Å². The molecule has 6 heterocycles. The largest absolute Gasteiger partial charge is 0.371 e. The van der Waals surface area contributed by atoms with E-state index in [1.54, 1.807) is 0 Å². The molecule has 0 saturated carbocycles. The molecule has 6 rings (SSSR count). The lowest BCUT2D eigenvalue weighted by Gasteiger charge is -2.35. The summed E-state index contributed by atoms with van der Waals surface area (Å²) in [5.41, 5.74) is 5.20. The maximum absolute atomic E-state index is 4.77. The zero-order chi connectivity index (χ0) is 22.7. The fourth-order valence-electron chi connectivity index (χ4n) is 6.83. The smallest absolute Gasteiger partial charge is 0.0564 e. The van der Waals surface area contributed by atoms with E-state index < -0.39 is 0 Å². The zero-order valence-corrected chi connectivity index (χ0v) is 20.6. The van der Waals surface area contributed by atoms with Gasteiger partial charge in [-0.15, -0.1) is 0 Å². The van der Waals surface area contributed by atoms with Crippen LogP contribution in [0.25, 0.3) is 0 Å². The molecule has 182 valence electrons. The van der Waals surface area contributed by atoms with Crippen LogP contribution >= 0.6 is 0 Å². The Bertz CT molecular complexity index is 874. The van der Waals surface area contributed by atoms with Gasteiger partial charge in [0.2, 0.25) is 0 Å². The van der Waals surface area contributed by atoms with Crippen LogP contribution in [0.1, 0.15) is 62.8 Å². The van der Waals surface area contributed by atoms with E-state index in [0.29, 0.717) is 12.1 Å². The molecule has 6 nitrogen and oxygen atoms in total. The van der Waals surface area contributed by atoms with Crippen molar-refractivity contribution in [1.82, 2.24) is 19.8 Å². The second kappa shape index (κ2) is 10.2. The van der Waals surface area contributed by atoms with Crippen molar-refractivity contribution < 1.29 is 0 Å². The Kier molecular flexibility index (Phi) is 6.69. The summed E-state index contributed by atoms with van der Waals surface area (Å²) < 4.78 is 0. The molecule has 34 heavy (non-hydrogen) atoms. The Morgan fingerprint density at radius 2 is 1.03 bits per heavy atom. The van der Waals surface area contributed by atoms with E-state index in [-0.39, 0.29) is 0 Å². The average molecular weight is 461 g/mol. The standard InChI is InChI=1S/C28H40N6/c1-2-14-31(13-1)25-9-11-29-23(19-25)21-33-17-5-7-27(33)28-8-6-18-34(28)22-24-20-26(10-12-30-24)32-15-3-4-16-32/h9-12,19-20,27-28H,1-8,13-18,21-22H2. The molecule has 4 saturated heterocycles. The zero-order valence-electron chi connectivity index (χ0n) is 20.6. The summed E-state index contributed by atoms with van der Waals surface area (Å²) in [5, 5.41) is 0. The maximum atomic E-state index is 4.77. The van der Waals surface area contributed by atoms with E-state index in [0.717, 1.165) is 13.1 Å². The molecule has 2 aromatic rings. The molecule has 2 aromatic heterocycles. The van der Waals surface area contributed by atoms with Gasteiger partial charge in [0, 0.05) is 75.1 Å². The van der Waals surface area contributed by atoms with Gasteiger partial charge in [-0.3, -0.25) is 19.8 Å². The number of hydrogen-bond acceptors (Lipinski definition) is 6. The number of nitrogens with zero attached hydrogens (tertiary/aromatic N) is 6. The first-order valence-corrected chi connectivity index (χ1v) is 13.7. The number of hydrogen-bond donors (Lipinski definition) is 0. The van der Waals surface area contributed by atoms with Crippen LogP contribution in [-0.2, 0) is 13.1 Å². The summed E-state index contributed by atoms with van der Waals surface area (Å²) >= 11 is 0. The summed E-state index contributed by atoms with van der Waals surface area (Å²) in [6.07, 6.45) is 14.6. The van der Waals surface area contributed by atoms with Crippen molar-refractivity contribution in [1.29, 1.82) is 0 Å². The minimum Gasteiger partial charge on any atom is -0.371 e. The highest BCUT2D eigenvalue weighted by atomic mass is 15.3. The van der Waals surface area contributed by atoms with Gasteiger partial charge in [-0.25, -0.2) is 0 Å². The first-order chi connectivity index (χ1) is 16.8. The average Bonchev–Trinajstić information content (AvgIpc) is 3.68. The minimum absolute atomic E-state index is 0.640. The van der Waals surface area contributed by atoms with E-state index in [1.807, 2.05) is 12.4 Å². The van der Waals surface area contributed by atoms with Crippen molar-refractivity contribution in [2.45, 2.75) is 76.5 Å². The molecule has 4 aliphatic heterocycles. The lowest BCUT2D eigenvalue weighted by Crippen LogP contribution is -2.45. The molecule has 0 spiro atoms. The molecule has 2 unspecified atom stereocenters. The minimum atomic E-state index is 0.640. The van der Waals surface area contributed by atoms with E-state index in [9.17, 15) is 0 Å². The molecule has 4 fully saturated rings. The Labute approximate surface area is 205 Å². The summed E-state index contributed by atoms with van der Waals surface area (Å²) in [5.74, 6) is 0. The molecule has 0 bridgehead atoms. The van der Waals surface area contributed by atoms with E-state index in [1.165, 1.54) is 113 Å². The third kappa shape index (κ3) is 4.80. The van der Waals surface area contributed by atoms with Gasteiger partial charge in [0.25, 0.3) is 0 Å². The summed E-state index contributed by atoms with van der Waals surface area (Å²) in [6.45, 7) is 9.15. The quantitative estimate of drug-likeness (QED) is 0.613. The third-order valence-corrected chi connectivity index (χ3v) is 8.55. The van der Waals surface area contributed by atoms with Crippen LogP contribution in [0.2, 0.25) is 0 Å². The van der Waals surface area contributed by atoms with Crippen LogP contribution in [0.15, 0.2) is 36.7 Å². The maximum Gasteiger partial charge on any atom is 0.0564 e. The molecule has 0 radical (unpaired) electrons. The van der Waals surface area contributed by atoms with E-state index in [4.69, 9.17) is 9.97 Å². The SMILES string of the molecule is c1cc(N2CCCC2)cc(CN2CCCC2C2CCCN2Cc2cc(N3CCCC3)ccn2)n1. The Morgan fingerprint density at radius 1 is 0.588 bits per heavy atom. The molecule has 2 atom stereocenters.